The zero-order valence-electron chi connectivity index (χ0n) is 32.8. The van der Waals surface area contributed by atoms with Crippen LogP contribution in [0.2, 0.25) is 0 Å². The van der Waals surface area contributed by atoms with E-state index in [9.17, 15) is 5.11 Å². The van der Waals surface area contributed by atoms with Crippen molar-refractivity contribution in [2.45, 2.75) is 52.4 Å². The Bertz CT molecular complexity index is 2930. The molecule has 0 aliphatic heterocycles. The van der Waals surface area contributed by atoms with Crippen molar-refractivity contribution in [2.24, 2.45) is 0 Å². The lowest BCUT2D eigenvalue weighted by atomic mass is 9.79. The predicted molar refractivity (Wildman–Crippen MR) is 235 cm³/mol. The Labute approximate surface area is 328 Å². The number of aromatic hydroxyl groups is 1. The molecule has 7 aromatic carbocycles. The van der Waals surface area contributed by atoms with Crippen LogP contribution in [0.4, 0.5) is 0 Å². The molecule has 2 heterocycles. The van der Waals surface area contributed by atoms with Crippen LogP contribution in [-0.2, 0) is 10.8 Å². The summed E-state index contributed by atoms with van der Waals surface area (Å²) in [4.78, 5) is 10.4. The molecular weight excluding hydrogens is 683 g/mol. The summed E-state index contributed by atoms with van der Waals surface area (Å²) in [5.41, 5.74) is 11.3. The van der Waals surface area contributed by atoms with Crippen molar-refractivity contribution in [1.29, 1.82) is 0 Å². The van der Waals surface area contributed by atoms with Gasteiger partial charge in [0.2, 0.25) is 0 Å². The molecule has 0 saturated carbocycles. The number of fused-ring (bicyclic) bond motifs is 3. The Kier molecular flexibility index (Phi) is 8.39. The number of rotatable bonds is 5. The van der Waals surface area contributed by atoms with E-state index in [1.165, 1.54) is 0 Å². The van der Waals surface area contributed by atoms with E-state index < -0.39 is 0 Å². The van der Waals surface area contributed by atoms with Gasteiger partial charge in [0, 0.05) is 33.8 Å². The molecule has 0 bridgehead atoms. The third-order valence-corrected chi connectivity index (χ3v) is 11.0. The molecule has 4 heteroatoms. The highest BCUT2D eigenvalue weighted by Crippen LogP contribution is 2.46. The Morgan fingerprint density at radius 1 is 0.518 bits per heavy atom. The van der Waals surface area contributed by atoms with E-state index >= 15 is 0 Å². The summed E-state index contributed by atoms with van der Waals surface area (Å²) >= 11 is 0. The molecule has 0 spiro atoms. The first-order chi connectivity index (χ1) is 27.0. The van der Waals surface area contributed by atoms with Gasteiger partial charge in [0.15, 0.2) is 0 Å². The molecule has 0 fully saturated rings. The number of hydrogen-bond acceptors (Lipinski definition) is 3. The van der Waals surface area contributed by atoms with Gasteiger partial charge in [0.1, 0.15) is 11.6 Å². The normalized spacial score (nSPS) is 12.2. The van der Waals surface area contributed by atoms with Crippen molar-refractivity contribution in [3.05, 3.63) is 169 Å². The number of para-hydroxylation sites is 1. The predicted octanol–water partition coefficient (Wildman–Crippen LogP) is 13.7. The minimum absolute atomic E-state index is 0.175. The number of benzene rings is 7. The molecule has 1 N–H and O–H groups in total. The summed E-state index contributed by atoms with van der Waals surface area (Å²) in [6.45, 7) is 13.2. The minimum atomic E-state index is -0.316. The van der Waals surface area contributed by atoms with Gasteiger partial charge in [-0.15, -0.1) is 0 Å². The molecule has 0 unspecified atom stereocenters. The lowest BCUT2D eigenvalue weighted by Crippen LogP contribution is -2.17. The second-order valence-electron chi connectivity index (χ2n) is 16.9. The van der Waals surface area contributed by atoms with E-state index in [0.717, 1.165) is 82.9 Å². The van der Waals surface area contributed by atoms with Crippen LogP contribution < -0.4 is 0 Å². The number of aromatic nitrogens is 3. The summed E-state index contributed by atoms with van der Waals surface area (Å²) in [7, 11) is 0. The summed E-state index contributed by atoms with van der Waals surface area (Å²) in [6, 6.07) is 53.5. The first-order valence-corrected chi connectivity index (χ1v) is 19.4. The summed E-state index contributed by atoms with van der Waals surface area (Å²) in [6.07, 6.45) is 1.85. The molecule has 56 heavy (non-hydrogen) atoms. The molecule has 0 saturated heterocycles. The van der Waals surface area contributed by atoms with Gasteiger partial charge in [-0.05, 0) is 80.1 Å². The standard InChI is InChI=1S/C52H45N3O/c1-51(2,3)37-31-43(49(56)44(32-37)52(4,5)6)50-54-47-39(36-29-35-20-11-12-21-38(35)42(30-36)45-24-14-15-28-53-45)23-16-25-46(47)55(50)48-40-22-13-10-19-34(40)26-27-41(48)33-17-8-7-9-18-33/h7-32,56H,1-6H3. The maximum absolute atomic E-state index is 12.5. The maximum atomic E-state index is 12.5. The van der Waals surface area contributed by atoms with Gasteiger partial charge in [0.05, 0.1) is 28.0 Å². The fourth-order valence-electron chi connectivity index (χ4n) is 8.10. The number of phenols is 1. The second kappa shape index (κ2) is 13.3. The molecule has 0 aliphatic carbocycles. The Hall–Kier alpha value is -6.52. The summed E-state index contributed by atoms with van der Waals surface area (Å²) in [5.74, 6) is 0.953. The van der Waals surface area contributed by atoms with Gasteiger partial charge < -0.3 is 5.11 Å². The first-order valence-electron chi connectivity index (χ1n) is 19.4. The van der Waals surface area contributed by atoms with E-state index in [1.807, 2.05) is 18.3 Å². The van der Waals surface area contributed by atoms with Crippen LogP contribution in [0.3, 0.4) is 0 Å². The second-order valence-corrected chi connectivity index (χ2v) is 16.9. The lowest BCUT2D eigenvalue weighted by Gasteiger charge is -2.28. The molecule has 0 atom stereocenters. The van der Waals surface area contributed by atoms with Crippen LogP contribution in [0.25, 0.3) is 83.2 Å². The molecule has 0 amide bonds. The van der Waals surface area contributed by atoms with Gasteiger partial charge in [-0.3, -0.25) is 9.55 Å². The molecule has 274 valence electrons. The fourth-order valence-corrected chi connectivity index (χ4v) is 8.10. The number of hydrogen-bond donors (Lipinski definition) is 1. The quantitative estimate of drug-likeness (QED) is 0.192. The van der Waals surface area contributed by atoms with Crippen LogP contribution in [0.15, 0.2) is 158 Å². The van der Waals surface area contributed by atoms with Gasteiger partial charge >= 0.3 is 0 Å². The highest BCUT2D eigenvalue weighted by Gasteiger charge is 2.29. The van der Waals surface area contributed by atoms with Crippen LogP contribution in [0, 0.1) is 0 Å². The molecule has 0 radical (unpaired) electrons. The van der Waals surface area contributed by atoms with Crippen molar-refractivity contribution in [2.75, 3.05) is 0 Å². The van der Waals surface area contributed by atoms with Gasteiger partial charge in [-0.25, -0.2) is 4.98 Å². The van der Waals surface area contributed by atoms with Crippen molar-refractivity contribution in [1.82, 2.24) is 14.5 Å². The van der Waals surface area contributed by atoms with Crippen LogP contribution in [-0.4, -0.2) is 19.6 Å². The van der Waals surface area contributed by atoms with Crippen LogP contribution in [0.5, 0.6) is 5.75 Å². The van der Waals surface area contributed by atoms with E-state index in [1.54, 1.807) is 0 Å². The third kappa shape index (κ3) is 6.02. The van der Waals surface area contributed by atoms with Gasteiger partial charge in [-0.1, -0.05) is 157 Å². The minimum Gasteiger partial charge on any atom is -0.507 e. The Morgan fingerprint density at radius 2 is 1.23 bits per heavy atom. The van der Waals surface area contributed by atoms with E-state index in [4.69, 9.17) is 9.97 Å². The zero-order chi connectivity index (χ0) is 38.8. The first kappa shape index (κ1) is 35.2. The van der Waals surface area contributed by atoms with Crippen LogP contribution >= 0.6 is 0 Å². The zero-order valence-corrected chi connectivity index (χ0v) is 32.8. The Balaban J connectivity index is 1.44. The highest BCUT2D eigenvalue weighted by atomic mass is 16.3. The van der Waals surface area contributed by atoms with Gasteiger partial charge in [0.25, 0.3) is 0 Å². The average molecular weight is 728 g/mol. The smallest absolute Gasteiger partial charge is 0.149 e. The third-order valence-electron chi connectivity index (χ3n) is 11.0. The molecule has 0 aliphatic rings. The number of phenolic OH excluding ortho intramolecular Hbond substituents is 1. The van der Waals surface area contributed by atoms with E-state index in [0.29, 0.717) is 11.4 Å². The molecule has 2 aromatic heterocycles. The largest absolute Gasteiger partial charge is 0.507 e. The van der Waals surface area contributed by atoms with Crippen molar-refractivity contribution < 1.29 is 5.11 Å². The lowest BCUT2D eigenvalue weighted by molar-refractivity contribution is 0.446. The average Bonchev–Trinajstić information content (AvgIpc) is 3.59. The molecule has 9 aromatic rings. The number of imidazole rings is 1. The SMILES string of the molecule is CC(C)(C)c1cc(-c2nc3c(-c4cc(-c5ccccn5)c5ccccc5c4)cccc3n2-c2c(-c3ccccc3)ccc3ccccc23)c(O)c(C(C)(C)C)c1. The van der Waals surface area contributed by atoms with E-state index in [-0.39, 0.29) is 16.6 Å². The maximum Gasteiger partial charge on any atom is 0.149 e. The molecule has 4 nitrogen and oxygen atoms in total. The number of pyridine rings is 1. The summed E-state index contributed by atoms with van der Waals surface area (Å²) < 4.78 is 2.30. The fraction of sp³-hybridized carbons (Fsp3) is 0.154. The monoisotopic (exact) mass is 727 g/mol. The summed E-state index contributed by atoms with van der Waals surface area (Å²) in [5, 5.41) is 17.0. The van der Waals surface area contributed by atoms with Crippen molar-refractivity contribution >= 4 is 32.6 Å². The topological polar surface area (TPSA) is 50.9 Å². The molecule has 9 rings (SSSR count). The van der Waals surface area contributed by atoms with Crippen LogP contribution in [0.1, 0.15) is 52.7 Å². The van der Waals surface area contributed by atoms with Gasteiger partial charge in [-0.2, -0.15) is 0 Å². The van der Waals surface area contributed by atoms with E-state index in [2.05, 4.69) is 186 Å². The Morgan fingerprint density at radius 3 is 1.96 bits per heavy atom. The van der Waals surface area contributed by atoms with Crippen molar-refractivity contribution in [3.8, 4) is 56.3 Å². The molecular formula is C52H45N3O. The van der Waals surface area contributed by atoms with Crippen molar-refractivity contribution in [3.63, 3.8) is 0 Å². The highest BCUT2D eigenvalue weighted by molar-refractivity contribution is 6.05. The number of nitrogens with zero attached hydrogens (tertiary/aromatic N) is 3.